The van der Waals surface area contributed by atoms with Crippen LogP contribution in [0.2, 0.25) is 0 Å². The smallest absolute Gasteiger partial charge is 0.232 e. The second kappa shape index (κ2) is 8.95. The van der Waals surface area contributed by atoms with Crippen LogP contribution in [0, 0.1) is 0 Å². The molecule has 0 aliphatic heterocycles. The van der Waals surface area contributed by atoms with Gasteiger partial charge in [-0.05, 0) is 30.5 Å². The van der Waals surface area contributed by atoms with Crippen LogP contribution in [0.5, 0.6) is 0 Å². The molecule has 0 saturated carbocycles. The predicted octanol–water partition coefficient (Wildman–Crippen LogP) is 4.09. The number of halogens is 2. The van der Waals surface area contributed by atoms with Crippen molar-refractivity contribution in [2.75, 3.05) is 12.4 Å². The number of ether oxygens (including phenoxy) is 1. The molecule has 6 heteroatoms. The lowest BCUT2D eigenvalue weighted by molar-refractivity contribution is 0.117. The molecule has 0 radical (unpaired) electrons. The van der Waals surface area contributed by atoms with E-state index >= 15 is 0 Å². The van der Waals surface area contributed by atoms with Gasteiger partial charge in [0, 0.05) is 21.8 Å². The van der Waals surface area contributed by atoms with Crippen LogP contribution < -0.4 is 0 Å². The Morgan fingerprint density at radius 3 is 2.32 bits per heavy atom. The zero-order chi connectivity index (χ0) is 14.1. The first-order valence-corrected chi connectivity index (χ1v) is 9.49. The molecule has 3 nitrogen and oxygen atoms in total. The highest BCUT2D eigenvalue weighted by atomic mass is 79.9. The Morgan fingerprint density at radius 2 is 1.68 bits per heavy atom. The van der Waals surface area contributed by atoms with Crippen LogP contribution in [0.4, 0.5) is 0 Å². The molecular weight excluding hydrogens is 352 g/mol. The van der Waals surface area contributed by atoms with Crippen LogP contribution in [0.3, 0.4) is 0 Å². The van der Waals surface area contributed by atoms with E-state index in [2.05, 4.69) is 15.9 Å². The van der Waals surface area contributed by atoms with Crippen molar-refractivity contribution in [3.8, 4) is 0 Å². The molecule has 1 aromatic rings. The molecule has 0 aromatic heterocycles. The van der Waals surface area contributed by atoms with E-state index in [1.54, 1.807) is 0 Å². The van der Waals surface area contributed by atoms with Crippen molar-refractivity contribution < 1.29 is 13.2 Å². The molecule has 0 aliphatic carbocycles. The molecule has 0 atom stereocenters. The molecule has 0 heterocycles. The Kier molecular flexibility index (Phi) is 7.99. The van der Waals surface area contributed by atoms with E-state index in [4.69, 9.17) is 15.4 Å². The van der Waals surface area contributed by atoms with Crippen LogP contribution in [-0.4, -0.2) is 20.8 Å². The highest BCUT2D eigenvalue weighted by molar-refractivity contribution is 9.10. The van der Waals surface area contributed by atoms with Crippen LogP contribution in [0.15, 0.2) is 28.7 Å². The van der Waals surface area contributed by atoms with E-state index in [9.17, 15) is 8.42 Å². The molecule has 0 saturated heterocycles. The highest BCUT2D eigenvalue weighted by Crippen LogP contribution is 2.11. The molecule has 1 aromatic carbocycles. The van der Waals surface area contributed by atoms with Crippen molar-refractivity contribution in [3.63, 3.8) is 0 Å². The fraction of sp³-hybridized carbons (Fsp3) is 0.538. The number of hydrogen-bond donors (Lipinski definition) is 0. The molecule has 0 aliphatic rings. The van der Waals surface area contributed by atoms with Crippen molar-refractivity contribution in [1.82, 2.24) is 0 Å². The summed E-state index contributed by atoms with van der Waals surface area (Å²) in [4.78, 5) is 0. The molecular formula is C13H18BrClO3S. The second-order valence-electron chi connectivity index (χ2n) is 4.34. The van der Waals surface area contributed by atoms with Gasteiger partial charge in [0.2, 0.25) is 9.05 Å². The normalized spacial score (nSPS) is 11.7. The summed E-state index contributed by atoms with van der Waals surface area (Å²) in [5.74, 6) is 0.0638. The third kappa shape index (κ3) is 9.44. The van der Waals surface area contributed by atoms with Gasteiger partial charge >= 0.3 is 0 Å². The maximum absolute atomic E-state index is 10.7. The first kappa shape index (κ1) is 17.0. The summed E-state index contributed by atoms with van der Waals surface area (Å²) in [7, 11) is 1.79. The Morgan fingerprint density at radius 1 is 1.05 bits per heavy atom. The van der Waals surface area contributed by atoms with E-state index in [0.717, 1.165) is 29.3 Å². The summed E-state index contributed by atoms with van der Waals surface area (Å²) in [6.07, 6.45) is 3.40. The fourth-order valence-corrected chi connectivity index (χ4v) is 2.74. The monoisotopic (exact) mass is 368 g/mol. The average Bonchev–Trinajstić information content (AvgIpc) is 2.33. The van der Waals surface area contributed by atoms with Crippen LogP contribution in [0.1, 0.15) is 31.2 Å². The summed E-state index contributed by atoms with van der Waals surface area (Å²) >= 11 is 3.38. The SMILES string of the molecule is O=S(=O)(Cl)CCCCCCOCc1ccc(Br)cc1. The maximum Gasteiger partial charge on any atom is 0.232 e. The minimum Gasteiger partial charge on any atom is -0.377 e. The van der Waals surface area contributed by atoms with E-state index in [-0.39, 0.29) is 5.75 Å². The quantitative estimate of drug-likeness (QED) is 0.486. The van der Waals surface area contributed by atoms with Gasteiger partial charge in [-0.3, -0.25) is 0 Å². The molecule has 19 heavy (non-hydrogen) atoms. The summed E-state index contributed by atoms with van der Waals surface area (Å²) < 4.78 is 28.0. The van der Waals surface area contributed by atoms with E-state index in [0.29, 0.717) is 19.6 Å². The van der Waals surface area contributed by atoms with Gasteiger partial charge in [0.05, 0.1) is 12.4 Å². The second-order valence-corrected chi connectivity index (χ2v) is 8.15. The van der Waals surface area contributed by atoms with Gasteiger partial charge in [-0.15, -0.1) is 0 Å². The Bertz CT molecular complexity index is 459. The van der Waals surface area contributed by atoms with E-state index in [1.807, 2.05) is 24.3 Å². The minimum absolute atomic E-state index is 0.0638. The number of benzene rings is 1. The largest absolute Gasteiger partial charge is 0.377 e. The molecule has 108 valence electrons. The summed E-state index contributed by atoms with van der Waals surface area (Å²) in [5, 5.41) is 0. The highest BCUT2D eigenvalue weighted by Gasteiger charge is 2.03. The lowest BCUT2D eigenvalue weighted by atomic mass is 10.2. The topological polar surface area (TPSA) is 43.4 Å². The molecule has 0 fully saturated rings. The Balaban J connectivity index is 1.98. The fourth-order valence-electron chi connectivity index (χ4n) is 1.60. The summed E-state index contributed by atoms with van der Waals surface area (Å²) in [6, 6.07) is 8.03. The first-order valence-electron chi connectivity index (χ1n) is 6.22. The van der Waals surface area contributed by atoms with Gasteiger partial charge in [0.25, 0.3) is 0 Å². The van der Waals surface area contributed by atoms with Crippen molar-refractivity contribution in [1.29, 1.82) is 0 Å². The van der Waals surface area contributed by atoms with Gasteiger partial charge in [-0.1, -0.05) is 40.9 Å². The number of hydrogen-bond acceptors (Lipinski definition) is 3. The van der Waals surface area contributed by atoms with Crippen LogP contribution in [0.25, 0.3) is 0 Å². The Labute approximate surface area is 127 Å². The lowest BCUT2D eigenvalue weighted by Crippen LogP contribution is -1.98. The zero-order valence-corrected chi connectivity index (χ0v) is 13.8. The van der Waals surface area contributed by atoms with Gasteiger partial charge in [0.15, 0.2) is 0 Å². The van der Waals surface area contributed by atoms with E-state index < -0.39 is 9.05 Å². The van der Waals surface area contributed by atoms with E-state index in [1.165, 1.54) is 0 Å². The van der Waals surface area contributed by atoms with Crippen LogP contribution >= 0.6 is 26.6 Å². The lowest BCUT2D eigenvalue weighted by Gasteiger charge is -2.04. The van der Waals surface area contributed by atoms with Crippen molar-refractivity contribution in [2.24, 2.45) is 0 Å². The van der Waals surface area contributed by atoms with Crippen molar-refractivity contribution in [3.05, 3.63) is 34.3 Å². The average molecular weight is 370 g/mol. The first-order chi connectivity index (χ1) is 8.97. The number of rotatable bonds is 9. The summed E-state index contributed by atoms with van der Waals surface area (Å²) in [5.41, 5.74) is 1.15. The Hall–Kier alpha value is -0.100. The van der Waals surface area contributed by atoms with Gasteiger partial charge in [-0.25, -0.2) is 8.42 Å². The molecule has 0 amide bonds. The molecule has 0 N–H and O–H groups in total. The third-order valence-electron chi connectivity index (χ3n) is 2.61. The van der Waals surface area contributed by atoms with Gasteiger partial charge < -0.3 is 4.74 Å². The predicted molar refractivity (Wildman–Crippen MR) is 81.9 cm³/mol. The number of unbranched alkanes of at least 4 members (excludes halogenated alkanes) is 3. The summed E-state index contributed by atoms with van der Waals surface area (Å²) in [6.45, 7) is 1.31. The minimum atomic E-state index is -3.32. The molecule has 0 spiro atoms. The molecule has 1 rings (SSSR count). The van der Waals surface area contributed by atoms with Gasteiger partial charge in [0.1, 0.15) is 0 Å². The third-order valence-corrected chi connectivity index (χ3v) is 4.38. The van der Waals surface area contributed by atoms with Crippen molar-refractivity contribution in [2.45, 2.75) is 32.3 Å². The van der Waals surface area contributed by atoms with Gasteiger partial charge in [-0.2, -0.15) is 0 Å². The van der Waals surface area contributed by atoms with Crippen LogP contribution in [-0.2, 0) is 20.4 Å². The molecule has 0 bridgehead atoms. The van der Waals surface area contributed by atoms with Crippen molar-refractivity contribution >= 4 is 35.7 Å². The molecule has 0 unspecified atom stereocenters. The zero-order valence-electron chi connectivity index (χ0n) is 10.6. The standard InChI is InChI=1S/C13H18BrClO3S/c14-13-7-5-12(6-8-13)11-18-9-3-1-2-4-10-19(15,16)17/h5-8H,1-4,9-11H2. The maximum atomic E-state index is 10.7.